The summed E-state index contributed by atoms with van der Waals surface area (Å²) >= 11 is 0. The molecule has 0 spiro atoms. The van der Waals surface area contributed by atoms with Crippen molar-refractivity contribution in [2.75, 3.05) is 0 Å². The zero-order chi connectivity index (χ0) is 23.2. The highest BCUT2D eigenvalue weighted by molar-refractivity contribution is 5.94. The van der Waals surface area contributed by atoms with Gasteiger partial charge in [-0.25, -0.2) is 9.18 Å². The van der Waals surface area contributed by atoms with Gasteiger partial charge < -0.3 is 5.11 Å². The molecule has 0 fully saturated rings. The fourth-order valence-electron chi connectivity index (χ4n) is 3.84. The number of benzene rings is 4. The van der Waals surface area contributed by atoms with Crippen LogP contribution in [0, 0.1) is 5.82 Å². The van der Waals surface area contributed by atoms with Crippen LogP contribution in [0.1, 0.15) is 40.4 Å². The summed E-state index contributed by atoms with van der Waals surface area (Å²) in [6, 6.07) is 28.2. The van der Waals surface area contributed by atoms with Gasteiger partial charge in [-0.2, -0.15) is 0 Å². The molecule has 0 unspecified atom stereocenters. The Morgan fingerprint density at radius 1 is 0.758 bits per heavy atom. The van der Waals surface area contributed by atoms with Crippen molar-refractivity contribution in [3.63, 3.8) is 0 Å². The Labute approximate surface area is 193 Å². The van der Waals surface area contributed by atoms with Crippen molar-refractivity contribution in [2.24, 2.45) is 0 Å². The summed E-state index contributed by atoms with van der Waals surface area (Å²) in [4.78, 5) is 11.7. The van der Waals surface area contributed by atoms with E-state index < -0.39 is 5.97 Å². The number of hydrogen-bond acceptors (Lipinski definition) is 1. The van der Waals surface area contributed by atoms with Gasteiger partial charge in [0.1, 0.15) is 5.82 Å². The predicted molar refractivity (Wildman–Crippen MR) is 134 cm³/mol. The van der Waals surface area contributed by atoms with E-state index in [-0.39, 0.29) is 11.4 Å². The van der Waals surface area contributed by atoms with Crippen LogP contribution in [0.2, 0.25) is 0 Å². The monoisotopic (exact) mass is 436 g/mol. The highest BCUT2D eigenvalue weighted by atomic mass is 19.1. The predicted octanol–water partition coefficient (Wildman–Crippen LogP) is 7.98. The molecule has 0 aromatic heterocycles. The number of hydrogen-bond donors (Lipinski definition) is 1. The zero-order valence-corrected chi connectivity index (χ0v) is 18.5. The van der Waals surface area contributed by atoms with Crippen LogP contribution in [0.5, 0.6) is 0 Å². The van der Waals surface area contributed by atoms with E-state index in [4.69, 9.17) is 0 Å². The van der Waals surface area contributed by atoms with E-state index >= 15 is 0 Å². The van der Waals surface area contributed by atoms with E-state index in [2.05, 4.69) is 43.3 Å². The molecular weight excluding hydrogens is 411 g/mol. The van der Waals surface area contributed by atoms with E-state index in [1.54, 1.807) is 24.3 Å². The second-order valence-corrected chi connectivity index (χ2v) is 8.02. The van der Waals surface area contributed by atoms with Crippen molar-refractivity contribution in [3.8, 4) is 22.3 Å². The number of aryl methyl sites for hydroxylation is 1. The number of carboxylic acid groups (broad SMARTS) is 1. The van der Waals surface area contributed by atoms with Crippen LogP contribution in [0.15, 0.2) is 91.0 Å². The third-order valence-corrected chi connectivity index (χ3v) is 5.65. The Morgan fingerprint density at radius 3 is 1.91 bits per heavy atom. The van der Waals surface area contributed by atoms with Crippen molar-refractivity contribution in [3.05, 3.63) is 119 Å². The maximum Gasteiger partial charge on any atom is 0.336 e. The van der Waals surface area contributed by atoms with E-state index in [0.29, 0.717) is 5.56 Å². The summed E-state index contributed by atoms with van der Waals surface area (Å²) in [5.74, 6) is -1.29. The first-order chi connectivity index (χ1) is 16.0. The molecule has 33 heavy (non-hydrogen) atoms. The molecule has 2 nitrogen and oxygen atoms in total. The fourth-order valence-corrected chi connectivity index (χ4v) is 3.84. The van der Waals surface area contributed by atoms with Crippen LogP contribution in [0.3, 0.4) is 0 Å². The molecule has 0 amide bonds. The molecule has 4 rings (SSSR count). The summed E-state index contributed by atoms with van der Waals surface area (Å²) in [5, 5.41) is 9.59. The minimum atomic E-state index is -0.984. The SMILES string of the molecule is CCCc1ccc(-c2ccc(/C=C/c3cc(-c4ccc(F)cc4)ccc3C(=O)O)cc2)cc1. The average Bonchev–Trinajstić information content (AvgIpc) is 2.84. The Kier molecular flexibility index (Phi) is 6.80. The van der Waals surface area contributed by atoms with Crippen LogP contribution in [-0.2, 0) is 6.42 Å². The fraction of sp³-hybridized carbons (Fsp3) is 0.100. The normalized spacial score (nSPS) is 11.1. The zero-order valence-electron chi connectivity index (χ0n) is 18.5. The van der Waals surface area contributed by atoms with Crippen molar-refractivity contribution < 1.29 is 14.3 Å². The number of rotatable bonds is 7. The van der Waals surface area contributed by atoms with Gasteiger partial charge in [-0.1, -0.05) is 92.2 Å². The lowest BCUT2D eigenvalue weighted by molar-refractivity contribution is 0.0696. The van der Waals surface area contributed by atoms with E-state index in [0.717, 1.165) is 35.1 Å². The van der Waals surface area contributed by atoms with Gasteiger partial charge in [0.25, 0.3) is 0 Å². The van der Waals surface area contributed by atoms with Crippen LogP contribution in [-0.4, -0.2) is 11.1 Å². The molecular formula is C30H25FO2. The maximum absolute atomic E-state index is 13.3. The lowest BCUT2D eigenvalue weighted by Gasteiger charge is -2.07. The first-order valence-electron chi connectivity index (χ1n) is 11.0. The summed E-state index contributed by atoms with van der Waals surface area (Å²) in [5.41, 5.74) is 7.12. The van der Waals surface area contributed by atoms with Gasteiger partial charge in [0, 0.05) is 0 Å². The summed E-state index contributed by atoms with van der Waals surface area (Å²) in [6.07, 6.45) is 5.94. The molecule has 3 heteroatoms. The van der Waals surface area contributed by atoms with E-state index in [9.17, 15) is 14.3 Å². The highest BCUT2D eigenvalue weighted by Crippen LogP contribution is 2.26. The molecule has 0 saturated heterocycles. The van der Waals surface area contributed by atoms with Crippen LogP contribution < -0.4 is 0 Å². The topological polar surface area (TPSA) is 37.3 Å². The molecule has 0 saturated carbocycles. The molecule has 4 aromatic rings. The number of halogens is 1. The minimum absolute atomic E-state index is 0.223. The van der Waals surface area contributed by atoms with Gasteiger partial charge >= 0.3 is 5.97 Å². The van der Waals surface area contributed by atoms with Crippen molar-refractivity contribution in [2.45, 2.75) is 19.8 Å². The smallest absolute Gasteiger partial charge is 0.336 e. The summed E-state index contributed by atoms with van der Waals surface area (Å²) in [6.45, 7) is 2.18. The molecule has 0 bridgehead atoms. The maximum atomic E-state index is 13.3. The van der Waals surface area contributed by atoms with E-state index in [1.807, 2.05) is 30.4 Å². The van der Waals surface area contributed by atoms with Gasteiger partial charge in [0.15, 0.2) is 0 Å². The van der Waals surface area contributed by atoms with Gasteiger partial charge in [-0.15, -0.1) is 0 Å². The first-order valence-corrected chi connectivity index (χ1v) is 11.0. The third-order valence-electron chi connectivity index (χ3n) is 5.65. The number of carboxylic acids is 1. The van der Waals surface area contributed by atoms with Gasteiger partial charge in [-0.05, 0) is 69.6 Å². The molecule has 0 aliphatic carbocycles. The van der Waals surface area contributed by atoms with Crippen LogP contribution in [0.25, 0.3) is 34.4 Å². The first kappa shape index (κ1) is 22.2. The highest BCUT2D eigenvalue weighted by Gasteiger charge is 2.10. The van der Waals surface area contributed by atoms with Crippen molar-refractivity contribution in [1.82, 2.24) is 0 Å². The average molecular weight is 437 g/mol. The molecule has 0 aliphatic heterocycles. The minimum Gasteiger partial charge on any atom is -0.478 e. The summed E-state index contributed by atoms with van der Waals surface area (Å²) < 4.78 is 13.3. The standard InChI is InChI=1S/C30H25FO2/c1-2-3-21-4-9-23(10-5-21)24-11-6-22(7-12-24)8-13-27-20-26(16-19-29(27)30(32)33)25-14-17-28(31)18-15-25/h4-20H,2-3H2,1H3,(H,32,33)/b13-8+. The lowest BCUT2D eigenvalue weighted by atomic mass is 9.98. The molecule has 0 radical (unpaired) electrons. The molecule has 0 aliphatic rings. The molecule has 1 N–H and O–H groups in total. The molecule has 0 atom stereocenters. The lowest BCUT2D eigenvalue weighted by Crippen LogP contribution is -1.99. The number of carbonyl (C=O) groups is 1. The number of aromatic carboxylic acids is 1. The largest absolute Gasteiger partial charge is 0.478 e. The van der Waals surface area contributed by atoms with Crippen molar-refractivity contribution in [1.29, 1.82) is 0 Å². The van der Waals surface area contributed by atoms with Crippen LogP contribution >= 0.6 is 0 Å². The molecule has 4 aromatic carbocycles. The Morgan fingerprint density at radius 2 is 1.30 bits per heavy atom. The Hall–Kier alpha value is -3.98. The van der Waals surface area contributed by atoms with E-state index in [1.165, 1.54) is 23.3 Å². The third kappa shape index (κ3) is 5.45. The van der Waals surface area contributed by atoms with Crippen LogP contribution in [0.4, 0.5) is 4.39 Å². The second kappa shape index (κ2) is 10.1. The van der Waals surface area contributed by atoms with Gasteiger partial charge in [0.05, 0.1) is 5.56 Å². The van der Waals surface area contributed by atoms with Crippen molar-refractivity contribution >= 4 is 18.1 Å². The summed E-state index contributed by atoms with van der Waals surface area (Å²) in [7, 11) is 0. The second-order valence-electron chi connectivity index (χ2n) is 8.02. The quantitative estimate of drug-likeness (QED) is 0.298. The van der Waals surface area contributed by atoms with Gasteiger partial charge in [-0.3, -0.25) is 0 Å². The molecule has 164 valence electrons. The Bertz CT molecular complexity index is 1270. The Balaban J connectivity index is 1.58. The van der Waals surface area contributed by atoms with Gasteiger partial charge in [0.2, 0.25) is 0 Å². The molecule has 0 heterocycles.